The van der Waals surface area contributed by atoms with Gasteiger partial charge in [0.15, 0.2) is 0 Å². The van der Waals surface area contributed by atoms with Crippen molar-refractivity contribution in [2.75, 3.05) is 7.11 Å². The molecule has 0 aromatic heterocycles. The Morgan fingerprint density at radius 2 is 2.11 bits per heavy atom. The molecule has 1 atom stereocenters. The van der Waals surface area contributed by atoms with Gasteiger partial charge in [-0.3, -0.25) is 4.79 Å². The zero-order valence-corrected chi connectivity index (χ0v) is 12.3. The number of hydrogen-bond acceptors (Lipinski definition) is 3. The minimum Gasteiger partial charge on any atom is -0.495 e. The Bertz CT molecular complexity index is 446. The van der Waals surface area contributed by atoms with Crippen molar-refractivity contribution in [1.82, 2.24) is 0 Å². The van der Waals surface area contributed by atoms with Gasteiger partial charge < -0.3 is 15.6 Å². The second-order valence-corrected chi connectivity index (χ2v) is 5.36. The van der Waals surface area contributed by atoms with E-state index in [4.69, 9.17) is 15.6 Å². The fourth-order valence-electron chi connectivity index (χ4n) is 1.78. The number of rotatable bonds is 5. The van der Waals surface area contributed by atoms with Gasteiger partial charge >= 0.3 is 5.97 Å². The summed E-state index contributed by atoms with van der Waals surface area (Å²) >= 11 is 3.44. The molecule has 1 aromatic rings. The molecule has 0 radical (unpaired) electrons. The molecule has 0 heterocycles. The minimum atomic E-state index is -0.993. The molecule has 4 nitrogen and oxygen atoms in total. The summed E-state index contributed by atoms with van der Waals surface area (Å²) in [4.78, 5) is 10.8. The third-order valence-electron chi connectivity index (χ3n) is 2.73. The molecule has 0 aliphatic rings. The van der Waals surface area contributed by atoms with E-state index in [0.717, 1.165) is 21.3 Å². The molecule has 18 heavy (non-hydrogen) atoms. The molecule has 100 valence electrons. The van der Waals surface area contributed by atoms with Crippen molar-refractivity contribution in [2.24, 2.45) is 5.73 Å². The van der Waals surface area contributed by atoms with Crippen molar-refractivity contribution in [3.8, 4) is 5.75 Å². The van der Waals surface area contributed by atoms with Gasteiger partial charge in [0.05, 0.1) is 11.6 Å². The largest absolute Gasteiger partial charge is 0.495 e. The fourth-order valence-corrected chi connectivity index (χ4v) is 2.46. The number of aliphatic carboxylic acids is 1. The van der Waals surface area contributed by atoms with Crippen molar-refractivity contribution < 1.29 is 14.6 Å². The quantitative estimate of drug-likeness (QED) is 0.875. The van der Waals surface area contributed by atoms with Crippen LogP contribution in [0, 0.1) is 0 Å². The molecule has 0 aliphatic carbocycles. The van der Waals surface area contributed by atoms with Crippen molar-refractivity contribution in [1.29, 1.82) is 0 Å². The highest BCUT2D eigenvalue weighted by atomic mass is 79.9. The summed E-state index contributed by atoms with van der Waals surface area (Å²) in [7, 11) is 1.62. The summed E-state index contributed by atoms with van der Waals surface area (Å²) in [6.07, 6.45) is 0.303. The second-order valence-electron chi connectivity index (χ2n) is 4.50. The molecule has 0 spiro atoms. The van der Waals surface area contributed by atoms with Crippen LogP contribution >= 0.6 is 15.9 Å². The second kappa shape index (κ2) is 6.20. The third kappa shape index (κ3) is 3.46. The van der Waals surface area contributed by atoms with Crippen LogP contribution in [0.1, 0.15) is 30.9 Å². The summed E-state index contributed by atoms with van der Waals surface area (Å²) in [5, 5.41) is 8.83. The molecule has 0 saturated heterocycles. The molecule has 1 aromatic carbocycles. The lowest BCUT2D eigenvalue weighted by Gasteiger charge is -2.16. The molecule has 0 amide bonds. The molecule has 3 N–H and O–H groups in total. The number of hydrogen-bond donors (Lipinski definition) is 2. The molecule has 1 rings (SSSR count). The highest BCUT2D eigenvalue weighted by Crippen LogP contribution is 2.35. The number of benzene rings is 1. The standard InChI is InChI=1S/C13H18BrNO3/c1-7(2)9-4-8(6-11(15)13(16)17)5-10(14)12(9)18-3/h4-5,7,11H,6,15H2,1-3H3,(H,16,17). The maximum absolute atomic E-state index is 10.8. The first-order chi connectivity index (χ1) is 8.36. The van der Waals surface area contributed by atoms with E-state index in [-0.39, 0.29) is 5.92 Å². The van der Waals surface area contributed by atoms with E-state index in [0.29, 0.717) is 6.42 Å². The third-order valence-corrected chi connectivity index (χ3v) is 3.32. The lowest BCUT2D eigenvalue weighted by atomic mass is 9.97. The number of carbonyl (C=O) groups is 1. The van der Waals surface area contributed by atoms with E-state index in [9.17, 15) is 4.79 Å². The van der Waals surface area contributed by atoms with Crippen molar-refractivity contribution >= 4 is 21.9 Å². The van der Waals surface area contributed by atoms with Gasteiger partial charge in [-0.05, 0) is 45.5 Å². The summed E-state index contributed by atoms with van der Waals surface area (Å²) in [5.74, 6) is 0.0861. The molecule has 0 bridgehead atoms. The Labute approximate surface area is 115 Å². The van der Waals surface area contributed by atoms with E-state index >= 15 is 0 Å². The van der Waals surface area contributed by atoms with Gasteiger partial charge in [-0.2, -0.15) is 0 Å². The molecule has 0 fully saturated rings. The van der Waals surface area contributed by atoms with Crippen LogP contribution in [0.2, 0.25) is 0 Å². The van der Waals surface area contributed by atoms with Crippen LogP contribution < -0.4 is 10.5 Å². The molecule has 0 aliphatic heterocycles. The Morgan fingerprint density at radius 3 is 2.56 bits per heavy atom. The Hall–Kier alpha value is -1.07. The predicted molar refractivity (Wildman–Crippen MR) is 74.1 cm³/mol. The first kappa shape index (κ1) is 15.0. The first-order valence-corrected chi connectivity index (χ1v) is 6.50. The number of carboxylic acid groups (broad SMARTS) is 1. The van der Waals surface area contributed by atoms with Crippen LogP contribution in [0.3, 0.4) is 0 Å². The summed E-state index contributed by atoms with van der Waals surface area (Å²) < 4.78 is 6.17. The number of nitrogens with two attached hydrogens (primary N) is 1. The number of methoxy groups -OCH3 is 1. The summed E-state index contributed by atoms with van der Waals surface area (Å²) in [5.41, 5.74) is 7.48. The zero-order valence-electron chi connectivity index (χ0n) is 10.7. The molecular weight excluding hydrogens is 298 g/mol. The Morgan fingerprint density at radius 1 is 1.50 bits per heavy atom. The summed E-state index contributed by atoms with van der Waals surface area (Å²) in [6, 6.07) is 2.93. The maximum atomic E-state index is 10.8. The lowest BCUT2D eigenvalue weighted by molar-refractivity contribution is -0.138. The number of ether oxygens (including phenoxy) is 1. The van der Waals surface area contributed by atoms with Gasteiger partial charge in [-0.1, -0.05) is 19.9 Å². The average Bonchev–Trinajstić information content (AvgIpc) is 2.27. The maximum Gasteiger partial charge on any atom is 0.320 e. The zero-order chi connectivity index (χ0) is 13.9. The highest BCUT2D eigenvalue weighted by molar-refractivity contribution is 9.10. The van der Waals surface area contributed by atoms with Gasteiger partial charge in [-0.25, -0.2) is 0 Å². The molecular formula is C13H18BrNO3. The minimum absolute atomic E-state index is 0.289. The lowest BCUT2D eigenvalue weighted by Crippen LogP contribution is -2.32. The van der Waals surface area contributed by atoms with Crippen LogP contribution in [-0.4, -0.2) is 24.2 Å². The average molecular weight is 316 g/mol. The van der Waals surface area contributed by atoms with E-state index < -0.39 is 12.0 Å². The normalized spacial score (nSPS) is 12.6. The van der Waals surface area contributed by atoms with E-state index in [1.807, 2.05) is 12.1 Å². The monoisotopic (exact) mass is 315 g/mol. The van der Waals surface area contributed by atoms with Crippen LogP contribution in [0.4, 0.5) is 0 Å². The van der Waals surface area contributed by atoms with Gasteiger partial charge in [-0.15, -0.1) is 0 Å². The Kier molecular flexibility index (Phi) is 5.16. The van der Waals surface area contributed by atoms with E-state index in [1.165, 1.54) is 0 Å². The summed E-state index contributed by atoms with van der Waals surface area (Å²) in [6.45, 7) is 4.12. The van der Waals surface area contributed by atoms with Crippen LogP contribution in [-0.2, 0) is 11.2 Å². The van der Waals surface area contributed by atoms with E-state index in [2.05, 4.69) is 29.8 Å². The van der Waals surface area contributed by atoms with Crippen molar-refractivity contribution in [3.05, 3.63) is 27.7 Å². The predicted octanol–water partition coefficient (Wildman–Crippen LogP) is 2.54. The van der Waals surface area contributed by atoms with Gasteiger partial charge in [0.2, 0.25) is 0 Å². The van der Waals surface area contributed by atoms with Crippen LogP contribution in [0.25, 0.3) is 0 Å². The van der Waals surface area contributed by atoms with Gasteiger partial charge in [0, 0.05) is 0 Å². The Balaban J connectivity index is 3.12. The van der Waals surface area contributed by atoms with Crippen molar-refractivity contribution in [2.45, 2.75) is 32.2 Å². The SMILES string of the molecule is COc1c(Br)cc(CC(N)C(=O)O)cc1C(C)C. The number of carboxylic acids is 1. The van der Waals surface area contributed by atoms with Crippen LogP contribution in [0.15, 0.2) is 16.6 Å². The molecule has 0 saturated carbocycles. The fraction of sp³-hybridized carbons (Fsp3) is 0.462. The number of halogens is 1. The highest BCUT2D eigenvalue weighted by Gasteiger charge is 2.17. The van der Waals surface area contributed by atoms with Crippen molar-refractivity contribution in [3.63, 3.8) is 0 Å². The molecule has 5 heteroatoms. The first-order valence-electron chi connectivity index (χ1n) is 5.71. The van der Waals surface area contributed by atoms with E-state index in [1.54, 1.807) is 7.11 Å². The molecule has 1 unspecified atom stereocenters. The topological polar surface area (TPSA) is 72.5 Å². The van der Waals surface area contributed by atoms with Crippen LogP contribution in [0.5, 0.6) is 5.75 Å². The van der Waals surface area contributed by atoms with Gasteiger partial charge in [0.1, 0.15) is 11.8 Å². The smallest absolute Gasteiger partial charge is 0.320 e. The van der Waals surface area contributed by atoms with Gasteiger partial charge in [0.25, 0.3) is 0 Å².